The Morgan fingerprint density at radius 2 is 2.13 bits per heavy atom. The number of hydrogen-bond acceptors (Lipinski definition) is 4. The van der Waals surface area contributed by atoms with Crippen molar-refractivity contribution < 1.29 is 14.3 Å². The van der Waals surface area contributed by atoms with Gasteiger partial charge in [-0.05, 0) is 25.3 Å². The number of carbonyl (C=O) groups is 1. The molecule has 1 aliphatic rings. The van der Waals surface area contributed by atoms with Crippen LogP contribution in [0.3, 0.4) is 0 Å². The fourth-order valence-electron chi connectivity index (χ4n) is 2.86. The van der Waals surface area contributed by atoms with E-state index in [2.05, 4.69) is 41.8 Å². The van der Waals surface area contributed by atoms with Crippen LogP contribution >= 0.6 is 0 Å². The van der Waals surface area contributed by atoms with E-state index in [1.807, 2.05) is 0 Å². The molecule has 0 saturated carbocycles. The van der Waals surface area contributed by atoms with Crippen molar-refractivity contribution in [2.24, 2.45) is 5.92 Å². The first-order valence-electron chi connectivity index (χ1n) is 8.35. The summed E-state index contributed by atoms with van der Waals surface area (Å²) in [5.41, 5.74) is 2.45. The minimum Gasteiger partial charge on any atom is -0.383 e. The predicted octanol–water partition coefficient (Wildman–Crippen LogP) is 1.81. The second-order valence-corrected chi connectivity index (χ2v) is 6.08. The summed E-state index contributed by atoms with van der Waals surface area (Å²) in [5, 5.41) is 6.07. The third-order valence-electron chi connectivity index (χ3n) is 4.18. The van der Waals surface area contributed by atoms with Gasteiger partial charge in [0.1, 0.15) is 0 Å². The average molecular weight is 320 g/mol. The van der Waals surface area contributed by atoms with E-state index >= 15 is 0 Å². The molecule has 2 unspecified atom stereocenters. The summed E-state index contributed by atoms with van der Waals surface area (Å²) in [6.07, 6.45) is 2.20. The van der Waals surface area contributed by atoms with Gasteiger partial charge in [0.15, 0.2) is 0 Å². The molecule has 1 aromatic rings. The number of ether oxygens (including phenoxy) is 2. The maximum atomic E-state index is 11.9. The standard InChI is InChI=1S/C18H28N2O3/c1-14-5-7-15(8-6-14)18-16(4-3-10-23-18)12-20-17(21)13-19-9-11-22-2/h5-8,16,18-19H,3-4,9-13H2,1-2H3,(H,20,21). The van der Waals surface area contributed by atoms with Gasteiger partial charge >= 0.3 is 0 Å². The molecule has 1 aliphatic heterocycles. The van der Waals surface area contributed by atoms with Crippen molar-refractivity contribution in [3.8, 4) is 0 Å². The van der Waals surface area contributed by atoms with Crippen LogP contribution in [-0.2, 0) is 14.3 Å². The van der Waals surface area contributed by atoms with Gasteiger partial charge in [-0.3, -0.25) is 4.79 Å². The molecule has 2 N–H and O–H groups in total. The SMILES string of the molecule is COCCNCC(=O)NCC1CCCOC1c1ccc(C)cc1. The highest BCUT2D eigenvalue weighted by atomic mass is 16.5. The third-order valence-corrected chi connectivity index (χ3v) is 4.18. The Labute approximate surface area is 138 Å². The van der Waals surface area contributed by atoms with Gasteiger partial charge in [-0.15, -0.1) is 0 Å². The molecule has 1 fully saturated rings. The van der Waals surface area contributed by atoms with Crippen LogP contribution in [0, 0.1) is 12.8 Å². The first-order chi connectivity index (χ1) is 11.2. The van der Waals surface area contributed by atoms with Crippen molar-refractivity contribution in [3.05, 3.63) is 35.4 Å². The molecule has 0 aliphatic carbocycles. The normalized spacial score (nSPS) is 21.1. The number of methoxy groups -OCH3 is 1. The van der Waals surface area contributed by atoms with Crippen LogP contribution in [-0.4, -0.2) is 45.9 Å². The summed E-state index contributed by atoms with van der Waals surface area (Å²) in [7, 11) is 1.65. The number of nitrogens with one attached hydrogen (secondary N) is 2. The molecule has 0 aromatic heterocycles. The van der Waals surface area contributed by atoms with Gasteiger partial charge in [0.2, 0.25) is 5.91 Å². The molecule has 23 heavy (non-hydrogen) atoms. The van der Waals surface area contributed by atoms with Gasteiger partial charge in [-0.1, -0.05) is 29.8 Å². The van der Waals surface area contributed by atoms with Crippen LogP contribution in [0.4, 0.5) is 0 Å². The van der Waals surface area contributed by atoms with Crippen LogP contribution in [0.15, 0.2) is 24.3 Å². The maximum absolute atomic E-state index is 11.9. The van der Waals surface area contributed by atoms with Crippen molar-refractivity contribution in [2.45, 2.75) is 25.9 Å². The smallest absolute Gasteiger partial charge is 0.233 e. The number of hydrogen-bond donors (Lipinski definition) is 2. The summed E-state index contributed by atoms with van der Waals surface area (Å²) in [6.45, 7) is 5.15. The zero-order chi connectivity index (χ0) is 16.5. The molecule has 0 radical (unpaired) electrons. The highest BCUT2D eigenvalue weighted by molar-refractivity contribution is 5.77. The maximum Gasteiger partial charge on any atom is 0.233 e. The van der Waals surface area contributed by atoms with Crippen molar-refractivity contribution >= 4 is 5.91 Å². The van der Waals surface area contributed by atoms with E-state index in [4.69, 9.17) is 9.47 Å². The van der Waals surface area contributed by atoms with Crippen molar-refractivity contribution in [3.63, 3.8) is 0 Å². The van der Waals surface area contributed by atoms with Crippen molar-refractivity contribution in [1.82, 2.24) is 10.6 Å². The first kappa shape index (κ1) is 17.9. The Bertz CT molecular complexity index is 476. The van der Waals surface area contributed by atoms with E-state index in [1.165, 1.54) is 11.1 Å². The Morgan fingerprint density at radius 3 is 2.87 bits per heavy atom. The lowest BCUT2D eigenvalue weighted by Gasteiger charge is -2.32. The Kier molecular flexibility index (Phi) is 7.52. The van der Waals surface area contributed by atoms with Gasteiger partial charge in [0.05, 0.1) is 19.3 Å². The fourth-order valence-corrected chi connectivity index (χ4v) is 2.86. The summed E-state index contributed by atoms with van der Waals surface area (Å²) in [4.78, 5) is 11.9. The minimum absolute atomic E-state index is 0.0225. The minimum atomic E-state index is 0.0225. The Morgan fingerprint density at radius 1 is 1.35 bits per heavy atom. The lowest BCUT2D eigenvalue weighted by molar-refractivity contribution is -0.121. The van der Waals surface area contributed by atoms with E-state index < -0.39 is 0 Å². The number of aryl methyl sites for hydroxylation is 1. The Balaban J connectivity index is 1.82. The lowest BCUT2D eigenvalue weighted by Crippen LogP contribution is -2.40. The quantitative estimate of drug-likeness (QED) is 0.717. The topological polar surface area (TPSA) is 59.6 Å². The molecular weight excluding hydrogens is 292 g/mol. The summed E-state index contributed by atoms with van der Waals surface area (Å²) in [5.74, 6) is 0.351. The van der Waals surface area contributed by atoms with E-state index in [1.54, 1.807) is 7.11 Å². The van der Waals surface area contributed by atoms with Gasteiger partial charge in [-0.25, -0.2) is 0 Å². The lowest BCUT2D eigenvalue weighted by atomic mass is 9.89. The molecule has 128 valence electrons. The average Bonchev–Trinajstić information content (AvgIpc) is 2.58. The molecule has 1 heterocycles. The van der Waals surface area contributed by atoms with Crippen molar-refractivity contribution in [2.75, 3.05) is 40.0 Å². The van der Waals surface area contributed by atoms with Crippen molar-refractivity contribution in [1.29, 1.82) is 0 Å². The van der Waals surface area contributed by atoms with E-state index in [0.29, 0.717) is 32.2 Å². The second-order valence-electron chi connectivity index (χ2n) is 6.08. The van der Waals surface area contributed by atoms with E-state index in [0.717, 1.165) is 19.4 Å². The molecule has 1 aromatic carbocycles. The molecule has 1 saturated heterocycles. The first-order valence-corrected chi connectivity index (χ1v) is 8.35. The number of carbonyl (C=O) groups excluding carboxylic acids is 1. The number of amides is 1. The summed E-state index contributed by atoms with van der Waals surface area (Å²) >= 11 is 0. The second kappa shape index (κ2) is 9.65. The molecule has 0 bridgehead atoms. The van der Waals surface area contributed by atoms with Crippen LogP contribution in [0.2, 0.25) is 0 Å². The van der Waals surface area contributed by atoms with Gasteiger partial charge in [0, 0.05) is 32.7 Å². The molecule has 0 spiro atoms. The summed E-state index contributed by atoms with van der Waals surface area (Å²) < 4.78 is 10.9. The number of rotatable bonds is 8. The molecule has 5 nitrogen and oxygen atoms in total. The largest absolute Gasteiger partial charge is 0.383 e. The molecule has 5 heteroatoms. The van der Waals surface area contributed by atoms with E-state index in [-0.39, 0.29) is 12.0 Å². The van der Waals surface area contributed by atoms with Gasteiger partial charge in [0.25, 0.3) is 0 Å². The Hall–Kier alpha value is -1.43. The zero-order valence-corrected chi connectivity index (χ0v) is 14.1. The molecular formula is C18H28N2O3. The van der Waals surface area contributed by atoms with Gasteiger partial charge in [-0.2, -0.15) is 0 Å². The fraction of sp³-hybridized carbons (Fsp3) is 0.611. The summed E-state index contributed by atoms with van der Waals surface area (Å²) in [6, 6.07) is 8.49. The van der Waals surface area contributed by atoms with E-state index in [9.17, 15) is 4.79 Å². The van der Waals surface area contributed by atoms with Gasteiger partial charge < -0.3 is 20.1 Å². The third kappa shape index (κ3) is 5.94. The van der Waals surface area contributed by atoms with Crippen LogP contribution in [0.25, 0.3) is 0 Å². The highest BCUT2D eigenvalue weighted by Gasteiger charge is 2.27. The molecule has 2 rings (SSSR count). The molecule has 1 amide bonds. The number of benzene rings is 1. The monoisotopic (exact) mass is 320 g/mol. The van der Waals surface area contributed by atoms with Crippen LogP contribution < -0.4 is 10.6 Å². The van der Waals surface area contributed by atoms with Crippen LogP contribution in [0.5, 0.6) is 0 Å². The highest BCUT2D eigenvalue weighted by Crippen LogP contribution is 2.33. The zero-order valence-electron chi connectivity index (χ0n) is 14.1. The molecule has 2 atom stereocenters. The van der Waals surface area contributed by atoms with Crippen LogP contribution in [0.1, 0.15) is 30.1 Å². The predicted molar refractivity (Wildman–Crippen MR) is 90.4 cm³/mol.